The zero-order valence-electron chi connectivity index (χ0n) is 15.1. The Balaban J connectivity index is 1.66. The van der Waals surface area contributed by atoms with E-state index in [1.807, 2.05) is 42.5 Å². The minimum atomic E-state index is -0.494. The number of anilines is 1. The predicted octanol–water partition coefficient (Wildman–Crippen LogP) is 3.50. The number of carbonyl (C=O) groups excluding carboxylic acids is 1. The maximum absolute atomic E-state index is 12.3. The number of hydrazone groups is 1. The number of ether oxygens (including phenoxy) is 1. The number of hydrogen-bond acceptors (Lipinski definition) is 5. The maximum atomic E-state index is 12.3. The first kappa shape index (κ1) is 18.3. The highest BCUT2D eigenvalue weighted by Gasteiger charge is 2.13. The summed E-state index contributed by atoms with van der Waals surface area (Å²) in [7, 11) is 1.47. The molecule has 27 heavy (non-hydrogen) atoms. The lowest BCUT2D eigenvalue weighted by Crippen LogP contribution is -2.34. The van der Waals surface area contributed by atoms with Crippen LogP contribution in [0.1, 0.15) is 12.5 Å². The van der Waals surface area contributed by atoms with E-state index in [4.69, 9.17) is 4.74 Å². The molecule has 0 aliphatic carbocycles. The van der Waals surface area contributed by atoms with Gasteiger partial charge in [-0.1, -0.05) is 42.5 Å². The molecule has 138 valence electrons. The van der Waals surface area contributed by atoms with Crippen molar-refractivity contribution in [3.63, 3.8) is 0 Å². The molecule has 0 saturated heterocycles. The number of benzene rings is 3. The van der Waals surface area contributed by atoms with Crippen LogP contribution in [0.25, 0.3) is 10.8 Å². The topological polar surface area (TPSA) is 83.0 Å². The number of phenols is 1. The molecule has 0 saturated carbocycles. The van der Waals surface area contributed by atoms with Crippen molar-refractivity contribution in [1.82, 2.24) is 5.43 Å². The van der Waals surface area contributed by atoms with Gasteiger partial charge in [0, 0.05) is 16.6 Å². The quantitative estimate of drug-likeness (QED) is 0.462. The summed E-state index contributed by atoms with van der Waals surface area (Å²) in [5.74, 6) is 0.0257. The Morgan fingerprint density at radius 2 is 1.85 bits per heavy atom. The van der Waals surface area contributed by atoms with Crippen LogP contribution in [0.2, 0.25) is 0 Å². The number of fused-ring (bicyclic) bond motifs is 1. The summed E-state index contributed by atoms with van der Waals surface area (Å²) in [6, 6.07) is 18.4. The molecule has 1 atom stereocenters. The number of nitrogens with zero attached hydrogens (tertiary/aromatic N) is 1. The van der Waals surface area contributed by atoms with Gasteiger partial charge in [-0.25, -0.2) is 5.43 Å². The van der Waals surface area contributed by atoms with E-state index in [-0.39, 0.29) is 11.7 Å². The van der Waals surface area contributed by atoms with Crippen LogP contribution in [0.3, 0.4) is 0 Å². The highest BCUT2D eigenvalue weighted by atomic mass is 16.5. The fourth-order valence-corrected chi connectivity index (χ4v) is 2.72. The first-order chi connectivity index (χ1) is 13.1. The summed E-state index contributed by atoms with van der Waals surface area (Å²) in [5, 5.41) is 19.3. The minimum Gasteiger partial charge on any atom is -0.504 e. The molecule has 6 nitrogen and oxygen atoms in total. The standard InChI is InChI=1S/C21H21N3O3/c1-14(23-18-11-5-8-15-7-3-4-10-17(15)18)21(26)24-22-13-16-9-6-12-19(27-2)20(16)25/h3-14,23,25H,1-2H3,(H,24,26)/b22-13+. The molecule has 0 bridgehead atoms. The number of amides is 1. The Morgan fingerprint density at radius 1 is 1.11 bits per heavy atom. The van der Waals surface area contributed by atoms with Gasteiger partial charge in [0.25, 0.3) is 5.91 Å². The number of rotatable bonds is 6. The van der Waals surface area contributed by atoms with Gasteiger partial charge in [0.15, 0.2) is 11.5 Å². The zero-order chi connectivity index (χ0) is 19.2. The Bertz CT molecular complexity index is 980. The van der Waals surface area contributed by atoms with E-state index in [9.17, 15) is 9.90 Å². The number of para-hydroxylation sites is 1. The van der Waals surface area contributed by atoms with Crippen LogP contribution in [-0.2, 0) is 4.79 Å². The molecule has 0 aliphatic heterocycles. The lowest BCUT2D eigenvalue weighted by molar-refractivity contribution is -0.121. The minimum absolute atomic E-state index is 0.0278. The van der Waals surface area contributed by atoms with Gasteiger partial charge in [-0.2, -0.15) is 5.10 Å². The third-order valence-corrected chi connectivity index (χ3v) is 4.18. The van der Waals surface area contributed by atoms with Crippen LogP contribution in [0.15, 0.2) is 65.8 Å². The average molecular weight is 363 g/mol. The average Bonchev–Trinajstić information content (AvgIpc) is 2.69. The predicted molar refractivity (Wildman–Crippen MR) is 107 cm³/mol. The Labute approximate surface area is 157 Å². The molecule has 0 aromatic heterocycles. The van der Waals surface area contributed by atoms with Crippen LogP contribution in [-0.4, -0.2) is 30.4 Å². The van der Waals surface area contributed by atoms with Crippen LogP contribution < -0.4 is 15.5 Å². The molecule has 0 fully saturated rings. The highest BCUT2D eigenvalue weighted by Crippen LogP contribution is 2.28. The largest absolute Gasteiger partial charge is 0.504 e. The highest BCUT2D eigenvalue weighted by molar-refractivity contribution is 5.96. The van der Waals surface area contributed by atoms with Crippen molar-refractivity contribution in [2.75, 3.05) is 12.4 Å². The summed E-state index contributed by atoms with van der Waals surface area (Å²) >= 11 is 0. The molecule has 3 rings (SSSR count). The van der Waals surface area contributed by atoms with E-state index >= 15 is 0 Å². The molecule has 0 radical (unpaired) electrons. The van der Waals surface area contributed by atoms with Gasteiger partial charge >= 0.3 is 0 Å². The summed E-state index contributed by atoms with van der Waals surface area (Å²) in [5.41, 5.74) is 3.81. The molecule has 1 unspecified atom stereocenters. The molecule has 3 aromatic carbocycles. The van der Waals surface area contributed by atoms with Gasteiger partial charge in [0.1, 0.15) is 6.04 Å². The van der Waals surface area contributed by atoms with E-state index in [1.165, 1.54) is 13.3 Å². The van der Waals surface area contributed by atoms with Gasteiger partial charge in [-0.3, -0.25) is 4.79 Å². The first-order valence-corrected chi connectivity index (χ1v) is 8.53. The number of carbonyl (C=O) groups is 1. The number of methoxy groups -OCH3 is 1. The number of hydrogen-bond donors (Lipinski definition) is 3. The van der Waals surface area contributed by atoms with E-state index in [0.717, 1.165) is 16.5 Å². The van der Waals surface area contributed by atoms with E-state index < -0.39 is 6.04 Å². The zero-order valence-corrected chi connectivity index (χ0v) is 15.1. The fraction of sp³-hybridized carbons (Fsp3) is 0.143. The Kier molecular flexibility index (Phi) is 5.56. The second-order valence-electron chi connectivity index (χ2n) is 6.03. The number of phenolic OH excluding ortho intramolecular Hbond substituents is 1. The van der Waals surface area contributed by atoms with Crippen LogP contribution >= 0.6 is 0 Å². The molecule has 6 heteroatoms. The first-order valence-electron chi connectivity index (χ1n) is 8.53. The van der Waals surface area contributed by atoms with Crippen molar-refractivity contribution in [3.8, 4) is 11.5 Å². The Morgan fingerprint density at radius 3 is 2.67 bits per heavy atom. The lowest BCUT2D eigenvalue weighted by Gasteiger charge is -2.15. The van der Waals surface area contributed by atoms with Crippen molar-refractivity contribution in [2.45, 2.75) is 13.0 Å². The lowest BCUT2D eigenvalue weighted by atomic mass is 10.1. The van der Waals surface area contributed by atoms with Crippen molar-refractivity contribution < 1.29 is 14.6 Å². The van der Waals surface area contributed by atoms with Crippen molar-refractivity contribution in [1.29, 1.82) is 0 Å². The number of aromatic hydroxyl groups is 1. The monoisotopic (exact) mass is 363 g/mol. The van der Waals surface area contributed by atoms with Crippen molar-refractivity contribution in [3.05, 3.63) is 66.2 Å². The third kappa shape index (κ3) is 4.17. The Hall–Kier alpha value is -3.54. The van der Waals surface area contributed by atoms with Crippen LogP contribution in [0.5, 0.6) is 11.5 Å². The molecule has 0 spiro atoms. The molecule has 3 N–H and O–H groups in total. The molecule has 1 amide bonds. The molecule has 3 aromatic rings. The second kappa shape index (κ2) is 8.23. The molecular weight excluding hydrogens is 342 g/mol. The summed E-state index contributed by atoms with van der Waals surface area (Å²) < 4.78 is 5.04. The number of nitrogens with one attached hydrogen (secondary N) is 2. The van der Waals surface area contributed by atoms with E-state index in [1.54, 1.807) is 25.1 Å². The summed E-state index contributed by atoms with van der Waals surface area (Å²) in [4.78, 5) is 12.3. The summed E-state index contributed by atoms with van der Waals surface area (Å²) in [6.07, 6.45) is 1.38. The van der Waals surface area contributed by atoms with E-state index in [0.29, 0.717) is 11.3 Å². The maximum Gasteiger partial charge on any atom is 0.262 e. The van der Waals surface area contributed by atoms with Gasteiger partial charge < -0.3 is 15.2 Å². The summed E-state index contributed by atoms with van der Waals surface area (Å²) in [6.45, 7) is 1.76. The SMILES string of the molecule is COc1cccc(/C=N/NC(=O)C(C)Nc2cccc3ccccc23)c1O. The smallest absolute Gasteiger partial charge is 0.262 e. The van der Waals surface area contributed by atoms with Gasteiger partial charge in [-0.15, -0.1) is 0 Å². The molecule has 0 aliphatic rings. The third-order valence-electron chi connectivity index (χ3n) is 4.18. The van der Waals surface area contributed by atoms with Gasteiger partial charge in [-0.05, 0) is 30.5 Å². The van der Waals surface area contributed by atoms with Crippen LogP contribution in [0.4, 0.5) is 5.69 Å². The van der Waals surface area contributed by atoms with Crippen molar-refractivity contribution >= 4 is 28.6 Å². The molecule has 0 heterocycles. The normalized spacial score (nSPS) is 12.1. The fourth-order valence-electron chi connectivity index (χ4n) is 2.72. The van der Waals surface area contributed by atoms with E-state index in [2.05, 4.69) is 15.8 Å². The van der Waals surface area contributed by atoms with Crippen LogP contribution in [0, 0.1) is 0 Å². The van der Waals surface area contributed by atoms with Gasteiger partial charge in [0.05, 0.1) is 13.3 Å². The second-order valence-corrected chi connectivity index (χ2v) is 6.03. The molecular formula is C21H21N3O3. The van der Waals surface area contributed by atoms with Gasteiger partial charge in [0.2, 0.25) is 0 Å². The van der Waals surface area contributed by atoms with Crippen molar-refractivity contribution in [2.24, 2.45) is 5.10 Å².